The van der Waals surface area contributed by atoms with E-state index >= 15 is 0 Å². The third-order valence-electron chi connectivity index (χ3n) is 12.2. The number of ether oxygens (including phenoxy) is 3. The minimum Gasteiger partial charge on any atom is -0.0654 e. The summed E-state index contributed by atoms with van der Waals surface area (Å²) in [6.45, 7) is 12.2. The summed E-state index contributed by atoms with van der Waals surface area (Å²) in [6, 6.07) is 0. The first-order valence-corrected chi connectivity index (χ1v) is 41.1. The zero-order valence-electron chi connectivity index (χ0n) is 42.9. The summed E-state index contributed by atoms with van der Waals surface area (Å²) in [7, 11) is 5.16. The Morgan fingerprint density at radius 3 is 1.03 bits per heavy atom. The fraction of sp³-hybridized carbons (Fsp3) is 0.944. The van der Waals surface area contributed by atoms with Crippen LogP contribution < -0.4 is 0 Å². The second kappa shape index (κ2) is 52.6. The van der Waals surface area contributed by atoms with Gasteiger partial charge in [-0.3, -0.25) is 0 Å². The molecule has 0 aliphatic rings. The van der Waals surface area contributed by atoms with Crippen molar-refractivity contribution in [2.75, 3.05) is 24.7 Å². The summed E-state index contributed by atoms with van der Waals surface area (Å²) in [5, 5.41) is -0.252. The first-order chi connectivity index (χ1) is 31.4. The molecule has 1 radical (unpaired) electrons. The Balaban J connectivity index is 5.42. The van der Waals surface area contributed by atoms with E-state index in [9.17, 15) is 14.4 Å². The smallest absolute Gasteiger partial charge is 0.0654 e. The van der Waals surface area contributed by atoms with Crippen molar-refractivity contribution in [3.63, 3.8) is 0 Å². The van der Waals surface area contributed by atoms with E-state index in [1.54, 1.807) is 26.8 Å². The van der Waals surface area contributed by atoms with Crippen LogP contribution in [0.25, 0.3) is 0 Å². The van der Waals surface area contributed by atoms with Gasteiger partial charge in [-0.05, 0) is 0 Å². The average molecular weight is 1070 g/mol. The number of carbonyl (C=O) groups is 3. The summed E-state index contributed by atoms with van der Waals surface area (Å²) in [6.07, 6.45) is 48.5. The van der Waals surface area contributed by atoms with E-state index in [1.807, 2.05) is 0 Å². The van der Waals surface area contributed by atoms with Gasteiger partial charge in [0.25, 0.3) is 0 Å². The molecule has 0 spiro atoms. The first kappa shape index (κ1) is 64.3. The standard InChI is InChI=1S/C26H52O2S.2C14H28O2S.Sn/c1-4-7-9-11-13-14-15-16-18-20-23-25(29)26(27)28-24(21-6-3)22-19-17-12-10-8-5-2;2*1-2-3-4-5-6-7-8-9-10-11-12-16-14(15)13-17;/h24-25,29H,4-23H2,1-3H3;2*17H,2-13H2,1H3;/q;;;+3/p-3. The molecule has 0 heterocycles. The Morgan fingerprint density at radius 2 is 0.688 bits per heavy atom. The molecule has 0 aromatic carbocycles. The molecule has 0 amide bonds. The van der Waals surface area contributed by atoms with Gasteiger partial charge in [0.05, 0.1) is 0 Å². The van der Waals surface area contributed by atoms with E-state index in [-0.39, 0.29) is 40.8 Å². The van der Waals surface area contributed by atoms with Crippen LogP contribution in [0.15, 0.2) is 0 Å². The molecular weight excluding hydrogens is 959 g/mol. The van der Waals surface area contributed by atoms with E-state index < -0.39 is 15.6 Å². The van der Waals surface area contributed by atoms with Gasteiger partial charge >= 0.3 is 344 Å². The molecule has 0 rings (SSSR count). The van der Waals surface area contributed by atoms with Gasteiger partial charge in [0, 0.05) is 0 Å². The molecule has 0 aliphatic carbocycles. The van der Waals surface area contributed by atoms with Gasteiger partial charge in [-0.1, -0.05) is 72.6 Å². The van der Waals surface area contributed by atoms with Crippen molar-refractivity contribution in [2.24, 2.45) is 0 Å². The van der Waals surface area contributed by atoms with Gasteiger partial charge < -0.3 is 0 Å². The molecular formula is C54H105O6S3Sn. The normalized spacial score (nSPS) is 12.5. The second-order valence-corrected chi connectivity index (χ2v) is 42.4. The number of esters is 3. The Hall–Kier alpha value is 0.259. The number of hydrogen-bond acceptors (Lipinski definition) is 9. The van der Waals surface area contributed by atoms with Crippen LogP contribution in [-0.4, -0.2) is 69.6 Å². The van der Waals surface area contributed by atoms with Crippen LogP contribution in [0.3, 0.4) is 0 Å². The van der Waals surface area contributed by atoms with Crippen molar-refractivity contribution in [3.05, 3.63) is 0 Å². The van der Waals surface area contributed by atoms with Crippen LogP contribution in [0.5, 0.6) is 0 Å². The Kier molecular flexibility index (Phi) is 52.8. The van der Waals surface area contributed by atoms with Gasteiger partial charge in [-0.15, -0.1) is 0 Å². The van der Waals surface area contributed by atoms with E-state index in [1.165, 1.54) is 186 Å². The van der Waals surface area contributed by atoms with Gasteiger partial charge in [0.2, 0.25) is 0 Å². The molecule has 0 bridgehead atoms. The summed E-state index contributed by atoms with van der Waals surface area (Å²) in [5.74, 6) is 0.170. The molecule has 64 heavy (non-hydrogen) atoms. The fourth-order valence-corrected chi connectivity index (χ4v) is 33.2. The Labute approximate surface area is 413 Å². The minimum atomic E-state index is -2.67. The minimum absolute atomic E-state index is 0.0339. The van der Waals surface area contributed by atoms with Gasteiger partial charge in [0.15, 0.2) is 0 Å². The van der Waals surface area contributed by atoms with E-state index in [2.05, 4.69) is 34.6 Å². The molecule has 2 unspecified atom stereocenters. The maximum absolute atomic E-state index is 14.1. The van der Waals surface area contributed by atoms with Crippen molar-refractivity contribution in [3.8, 4) is 0 Å². The molecule has 0 fully saturated rings. The number of hydrogen-bond donors (Lipinski definition) is 0. The van der Waals surface area contributed by atoms with Crippen LogP contribution in [0.1, 0.15) is 291 Å². The number of unbranched alkanes of at least 4 members (excludes halogenated alkanes) is 32. The van der Waals surface area contributed by atoms with Gasteiger partial charge in [0.1, 0.15) is 0 Å². The molecule has 10 heteroatoms. The van der Waals surface area contributed by atoms with Crippen molar-refractivity contribution >= 4 is 60.4 Å². The zero-order valence-corrected chi connectivity index (χ0v) is 48.2. The van der Waals surface area contributed by atoms with Crippen molar-refractivity contribution in [2.45, 2.75) is 303 Å². The summed E-state index contributed by atoms with van der Waals surface area (Å²) in [4.78, 5) is 40.3. The molecule has 379 valence electrons. The third kappa shape index (κ3) is 46.0. The second-order valence-electron chi connectivity index (χ2n) is 18.6. The van der Waals surface area contributed by atoms with Crippen molar-refractivity contribution in [1.82, 2.24) is 0 Å². The molecule has 0 saturated carbocycles. The summed E-state index contributed by atoms with van der Waals surface area (Å²) < 4.78 is 17.8. The molecule has 0 aromatic heterocycles. The van der Waals surface area contributed by atoms with Crippen LogP contribution in [-0.2, 0) is 28.6 Å². The summed E-state index contributed by atoms with van der Waals surface area (Å²) in [5.41, 5.74) is 0. The fourth-order valence-electron chi connectivity index (χ4n) is 8.11. The number of rotatable bonds is 52. The Bertz CT molecular complexity index is 964. The predicted octanol–water partition coefficient (Wildman–Crippen LogP) is 18.2. The monoisotopic (exact) mass is 1070 g/mol. The van der Waals surface area contributed by atoms with Gasteiger partial charge in [-0.25, -0.2) is 0 Å². The van der Waals surface area contributed by atoms with Crippen LogP contribution in [0.4, 0.5) is 0 Å². The van der Waals surface area contributed by atoms with E-state index in [4.69, 9.17) is 14.2 Å². The van der Waals surface area contributed by atoms with Crippen LogP contribution >= 0.6 is 26.8 Å². The maximum atomic E-state index is 14.1. The van der Waals surface area contributed by atoms with E-state index in [0.29, 0.717) is 13.2 Å². The summed E-state index contributed by atoms with van der Waals surface area (Å²) >= 11 is -2.67. The van der Waals surface area contributed by atoms with Crippen LogP contribution in [0.2, 0.25) is 0 Å². The average Bonchev–Trinajstić information content (AvgIpc) is 3.29. The molecule has 0 aliphatic heterocycles. The molecule has 0 aromatic rings. The first-order valence-electron chi connectivity index (χ1n) is 27.7. The number of carbonyl (C=O) groups excluding carboxylic acids is 3. The quantitative estimate of drug-likeness (QED) is 0.0256. The zero-order chi connectivity index (χ0) is 46.8. The third-order valence-corrected chi connectivity index (χ3v) is 38.3. The SMILES string of the molecule is CCCCCCCCCCCCOC(=O)C[S][Sn]([S]CC(=O)OCCCCCCCCCCCC)[S]C(CCCCCCCCCCCC)C(=O)OC(CCC)CCCCCCCC. The molecule has 2 atom stereocenters. The molecule has 0 N–H and O–H groups in total. The van der Waals surface area contributed by atoms with Crippen molar-refractivity contribution < 1.29 is 28.6 Å². The molecule has 0 saturated heterocycles. The van der Waals surface area contributed by atoms with Gasteiger partial charge in [-0.2, -0.15) is 0 Å². The van der Waals surface area contributed by atoms with Crippen LogP contribution in [0, 0.1) is 0 Å². The predicted molar refractivity (Wildman–Crippen MR) is 287 cm³/mol. The molecule has 6 nitrogen and oxygen atoms in total. The topological polar surface area (TPSA) is 78.9 Å². The van der Waals surface area contributed by atoms with Crippen molar-refractivity contribution in [1.29, 1.82) is 0 Å². The van der Waals surface area contributed by atoms with E-state index in [0.717, 1.165) is 70.6 Å². The Morgan fingerprint density at radius 1 is 0.375 bits per heavy atom.